The molecule has 2 aromatic carbocycles. The quantitative estimate of drug-likeness (QED) is 0.369. The first-order valence-electron chi connectivity index (χ1n) is 14.2. The number of esters is 2. The number of anilines is 1. The maximum atomic E-state index is 14.3. The first-order valence-corrected chi connectivity index (χ1v) is 14.2. The van der Waals surface area contributed by atoms with Crippen molar-refractivity contribution >= 4 is 42.1 Å². The van der Waals surface area contributed by atoms with Crippen molar-refractivity contribution in [3.8, 4) is 0 Å². The monoisotopic (exact) mass is 650 g/mol. The molecular formula is C31H37ClF2N4O7. The van der Waals surface area contributed by atoms with Crippen LogP contribution in [0, 0.1) is 11.6 Å². The van der Waals surface area contributed by atoms with Crippen molar-refractivity contribution < 1.29 is 42.2 Å². The molecule has 0 aromatic heterocycles. The highest BCUT2D eigenvalue weighted by Gasteiger charge is 2.45. The Balaban J connectivity index is 0.00000552. The van der Waals surface area contributed by atoms with Gasteiger partial charge in [-0.2, -0.15) is 0 Å². The van der Waals surface area contributed by atoms with Crippen LogP contribution in [0.2, 0.25) is 0 Å². The smallest absolute Gasteiger partial charge is 0.337 e. The fourth-order valence-corrected chi connectivity index (χ4v) is 5.88. The third kappa shape index (κ3) is 7.71. The highest BCUT2D eigenvalue weighted by atomic mass is 35.5. The summed E-state index contributed by atoms with van der Waals surface area (Å²) in [7, 11) is 3.95. The molecule has 4 amide bonds. The first kappa shape index (κ1) is 35.3. The molecule has 1 fully saturated rings. The maximum absolute atomic E-state index is 14.3. The van der Waals surface area contributed by atoms with Gasteiger partial charge in [0.25, 0.3) is 0 Å². The minimum atomic E-state index is -1.01. The number of halogens is 3. The van der Waals surface area contributed by atoms with Gasteiger partial charge in [-0.25, -0.2) is 28.1 Å². The first-order chi connectivity index (χ1) is 21.1. The molecule has 4 rings (SSSR count). The summed E-state index contributed by atoms with van der Waals surface area (Å²) < 4.78 is 43.2. The standard InChI is InChI=1S/C31H36F2N4O7.ClH/c1-42-19-26-23(27(38)43-2)18-37(30(41)35-26)29(40)34-15-16-36(22-9-10-24(32)25(33)17-22)21-11-13-31(14-12-21,28(39)44-3)20-7-5-4-6-8-20;/h4-10,17,21H,11-16,18-19H2,1-3H3,(H,34,40)(H,35,41);1H. The van der Waals surface area contributed by atoms with Gasteiger partial charge in [-0.15, -0.1) is 12.4 Å². The van der Waals surface area contributed by atoms with Crippen molar-refractivity contribution in [3.05, 3.63) is 77.0 Å². The zero-order valence-corrected chi connectivity index (χ0v) is 26.1. The summed E-state index contributed by atoms with van der Waals surface area (Å²) in [6, 6.07) is 11.3. The van der Waals surface area contributed by atoms with Crippen LogP contribution < -0.4 is 15.5 Å². The highest BCUT2D eigenvalue weighted by Crippen LogP contribution is 2.42. The average molecular weight is 651 g/mol. The number of carbonyl (C=O) groups is 4. The van der Waals surface area contributed by atoms with Crippen LogP contribution in [0.5, 0.6) is 0 Å². The number of hydrogen-bond acceptors (Lipinski definition) is 8. The lowest BCUT2D eigenvalue weighted by atomic mass is 9.68. The van der Waals surface area contributed by atoms with E-state index in [0.29, 0.717) is 31.4 Å². The Kier molecular flexibility index (Phi) is 12.3. The van der Waals surface area contributed by atoms with E-state index in [4.69, 9.17) is 14.2 Å². The topological polar surface area (TPSA) is 127 Å². The molecule has 0 atom stereocenters. The third-order valence-corrected chi connectivity index (χ3v) is 8.16. The molecule has 0 radical (unpaired) electrons. The molecule has 0 bridgehead atoms. The fourth-order valence-electron chi connectivity index (χ4n) is 5.88. The molecule has 11 nitrogen and oxygen atoms in total. The van der Waals surface area contributed by atoms with Gasteiger partial charge in [0.15, 0.2) is 11.6 Å². The number of carbonyl (C=O) groups excluding carboxylic acids is 4. The SMILES string of the molecule is COCC1=C(C(=O)OC)CN(C(=O)NCCN(c2ccc(F)c(F)c2)C2CCC(C(=O)OC)(c3ccccc3)CC2)C(=O)N1.Cl. The van der Waals surface area contributed by atoms with E-state index in [1.54, 1.807) is 0 Å². The number of benzene rings is 2. The lowest BCUT2D eigenvalue weighted by molar-refractivity contribution is -0.149. The van der Waals surface area contributed by atoms with Crippen LogP contribution in [0.15, 0.2) is 59.8 Å². The van der Waals surface area contributed by atoms with Gasteiger partial charge in [0.1, 0.15) is 0 Å². The molecule has 244 valence electrons. The molecule has 1 saturated carbocycles. The van der Waals surface area contributed by atoms with Crippen LogP contribution in [0.25, 0.3) is 0 Å². The Morgan fingerprint density at radius 3 is 2.31 bits per heavy atom. The number of nitrogens with one attached hydrogen (secondary N) is 2. The van der Waals surface area contributed by atoms with Crippen molar-refractivity contribution in [2.45, 2.75) is 37.1 Å². The highest BCUT2D eigenvalue weighted by molar-refractivity contribution is 6.00. The average Bonchev–Trinajstić information content (AvgIpc) is 3.04. The van der Waals surface area contributed by atoms with E-state index in [0.717, 1.165) is 22.6 Å². The number of ether oxygens (including phenoxy) is 3. The van der Waals surface area contributed by atoms with E-state index < -0.39 is 35.1 Å². The van der Waals surface area contributed by atoms with Crippen molar-refractivity contribution in [1.29, 1.82) is 0 Å². The predicted octanol–water partition coefficient (Wildman–Crippen LogP) is 4.05. The Labute approximate surface area is 266 Å². The molecule has 0 spiro atoms. The second-order valence-corrected chi connectivity index (χ2v) is 10.6. The Bertz CT molecular complexity index is 1420. The summed E-state index contributed by atoms with van der Waals surface area (Å²) in [5.41, 5.74) is 0.695. The van der Waals surface area contributed by atoms with Gasteiger partial charge in [0, 0.05) is 38.0 Å². The largest absolute Gasteiger partial charge is 0.468 e. The van der Waals surface area contributed by atoms with Gasteiger partial charge in [-0.3, -0.25) is 4.79 Å². The van der Waals surface area contributed by atoms with Crippen LogP contribution in [0.3, 0.4) is 0 Å². The normalized spacial score (nSPS) is 19.6. The van der Waals surface area contributed by atoms with Gasteiger partial charge in [-0.05, 0) is 43.4 Å². The summed E-state index contributed by atoms with van der Waals surface area (Å²) in [6.45, 7) is -0.172. The minimum absolute atomic E-state index is 0. The summed E-state index contributed by atoms with van der Waals surface area (Å²) in [5, 5.41) is 5.17. The molecule has 2 aromatic rings. The number of hydrogen-bond donors (Lipinski definition) is 2. The Morgan fingerprint density at radius 1 is 1.02 bits per heavy atom. The third-order valence-electron chi connectivity index (χ3n) is 8.16. The number of imide groups is 1. The van der Waals surface area contributed by atoms with E-state index in [1.807, 2.05) is 35.2 Å². The van der Waals surface area contributed by atoms with E-state index in [1.165, 1.54) is 27.4 Å². The predicted molar refractivity (Wildman–Crippen MR) is 163 cm³/mol. The van der Waals surface area contributed by atoms with Crippen LogP contribution in [0.1, 0.15) is 31.2 Å². The van der Waals surface area contributed by atoms with Crippen LogP contribution in [0.4, 0.5) is 24.1 Å². The van der Waals surface area contributed by atoms with Gasteiger partial charge >= 0.3 is 24.0 Å². The Hall–Kier alpha value is -4.23. The van der Waals surface area contributed by atoms with E-state index >= 15 is 0 Å². The lowest BCUT2D eigenvalue weighted by Crippen LogP contribution is -2.55. The molecule has 2 aliphatic rings. The molecule has 0 unspecified atom stereocenters. The molecule has 1 aliphatic heterocycles. The van der Waals surface area contributed by atoms with Crippen molar-refractivity contribution in [3.63, 3.8) is 0 Å². The number of methoxy groups -OCH3 is 3. The van der Waals surface area contributed by atoms with Crippen molar-refractivity contribution in [2.24, 2.45) is 0 Å². The maximum Gasteiger partial charge on any atom is 0.337 e. The summed E-state index contributed by atoms with van der Waals surface area (Å²) >= 11 is 0. The van der Waals surface area contributed by atoms with E-state index in [-0.39, 0.29) is 61.9 Å². The summed E-state index contributed by atoms with van der Waals surface area (Å²) in [6.07, 6.45) is 1.98. The number of amides is 4. The zero-order chi connectivity index (χ0) is 31.9. The molecule has 2 N–H and O–H groups in total. The van der Waals surface area contributed by atoms with Crippen LogP contribution in [-0.2, 0) is 29.2 Å². The summed E-state index contributed by atoms with van der Waals surface area (Å²) in [4.78, 5) is 53.7. The zero-order valence-electron chi connectivity index (χ0n) is 25.3. The Morgan fingerprint density at radius 2 is 1.71 bits per heavy atom. The molecule has 1 aliphatic carbocycles. The lowest BCUT2D eigenvalue weighted by Gasteiger charge is -2.43. The molecule has 14 heteroatoms. The van der Waals surface area contributed by atoms with Gasteiger partial charge in [0.05, 0.1) is 44.1 Å². The van der Waals surface area contributed by atoms with Crippen molar-refractivity contribution in [1.82, 2.24) is 15.5 Å². The molecule has 1 heterocycles. The van der Waals surface area contributed by atoms with Crippen LogP contribution >= 0.6 is 12.4 Å². The number of urea groups is 2. The van der Waals surface area contributed by atoms with Gasteiger partial charge in [0.2, 0.25) is 0 Å². The minimum Gasteiger partial charge on any atom is -0.468 e. The summed E-state index contributed by atoms with van der Waals surface area (Å²) in [5.74, 6) is -3.05. The molecule has 0 saturated heterocycles. The van der Waals surface area contributed by atoms with Gasteiger partial charge in [-0.1, -0.05) is 30.3 Å². The van der Waals surface area contributed by atoms with Crippen LogP contribution in [-0.4, -0.2) is 82.5 Å². The second-order valence-electron chi connectivity index (χ2n) is 10.6. The number of nitrogens with zero attached hydrogens (tertiary/aromatic N) is 2. The molecular weight excluding hydrogens is 614 g/mol. The van der Waals surface area contributed by atoms with E-state index in [9.17, 15) is 28.0 Å². The number of rotatable bonds is 10. The molecule has 45 heavy (non-hydrogen) atoms. The van der Waals surface area contributed by atoms with E-state index in [2.05, 4.69) is 10.6 Å². The fraction of sp³-hybridized carbons (Fsp3) is 0.419. The van der Waals surface area contributed by atoms with Gasteiger partial charge < -0.3 is 29.7 Å². The second kappa shape index (κ2) is 15.7. The van der Waals surface area contributed by atoms with Crippen molar-refractivity contribution in [2.75, 3.05) is 52.5 Å².